The number of ether oxygens (including phenoxy) is 1. The maximum atomic E-state index is 12.3. The Labute approximate surface area is 139 Å². The molecule has 6 heteroatoms. The van der Waals surface area contributed by atoms with Crippen molar-refractivity contribution >= 4 is 26.0 Å². The summed E-state index contributed by atoms with van der Waals surface area (Å²) < 4.78 is 33.5. The van der Waals surface area contributed by atoms with Crippen LogP contribution in [0.3, 0.4) is 0 Å². The van der Waals surface area contributed by atoms with E-state index in [0.29, 0.717) is 5.75 Å². The number of para-hydroxylation sites is 1. The Morgan fingerprint density at radius 3 is 2.41 bits per heavy atom. The van der Waals surface area contributed by atoms with Crippen LogP contribution in [0.1, 0.15) is 24.1 Å². The van der Waals surface area contributed by atoms with Crippen molar-refractivity contribution in [3.8, 4) is 5.75 Å². The van der Waals surface area contributed by atoms with Gasteiger partial charge in [0.2, 0.25) is 10.0 Å². The third-order valence-corrected chi connectivity index (χ3v) is 5.19. The molecule has 0 fully saturated rings. The van der Waals surface area contributed by atoms with Crippen LogP contribution < -0.4 is 9.46 Å². The molecular formula is C16H18BrNO3S. The van der Waals surface area contributed by atoms with Crippen molar-refractivity contribution in [1.82, 2.24) is 4.72 Å². The minimum atomic E-state index is -3.44. The highest BCUT2D eigenvalue weighted by molar-refractivity contribution is 9.10. The average Bonchev–Trinajstić information content (AvgIpc) is 2.48. The second kappa shape index (κ2) is 7.26. The Morgan fingerprint density at radius 1 is 1.14 bits per heavy atom. The molecular weight excluding hydrogens is 366 g/mol. The molecule has 0 bridgehead atoms. The Kier molecular flexibility index (Phi) is 5.61. The Hall–Kier alpha value is -1.37. The number of nitrogens with one attached hydrogen (secondary N) is 1. The first kappa shape index (κ1) is 17.0. The van der Waals surface area contributed by atoms with E-state index in [1.54, 1.807) is 26.2 Å². The van der Waals surface area contributed by atoms with Crippen LogP contribution in [-0.4, -0.2) is 15.5 Å². The van der Waals surface area contributed by atoms with E-state index in [-0.39, 0.29) is 11.8 Å². The van der Waals surface area contributed by atoms with E-state index in [9.17, 15) is 8.42 Å². The molecule has 0 aliphatic heterocycles. The molecule has 2 rings (SSSR count). The summed E-state index contributed by atoms with van der Waals surface area (Å²) in [7, 11) is -1.87. The number of rotatable bonds is 6. The summed E-state index contributed by atoms with van der Waals surface area (Å²) in [6.45, 7) is 1.80. The molecule has 2 aromatic rings. The van der Waals surface area contributed by atoms with Crippen molar-refractivity contribution in [3.63, 3.8) is 0 Å². The minimum Gasteiger partial charge on any atom is -0.496 e. The van der Waals surface area contributed by atoms with Gasteiger partial charge in [-0.3, -0.25) is 0 Å². The molecule has 0 aliphatic rings. The highest BCUT2D eigenvalue weighted by Crippen LogP contribution is 2.25. The summed E-state index contributed by atoms with van der Waals surface area (Å²) >= 11 is 3.33. The molecule has 1 unspecified atom stereocenters. The zero-order valence-corrected chi connectivity index (χ0v) is 14.8. The van der Waals surface area contributed by atoms with E-state index in [0.717, 1.165) is 15.6 Å². The van der Waals surface area contributed by atoms with E-state index >= 15 is 0 Å². The van der Waals surface area contributed by atoms with Crippen LogP contribution in [0.4, 0.5) is 0 Å². The second-order valence-electron chi connectivity index (χ2n) is 4.97. The van der Waals surface area contributed by atoms with E-state index in [2.05, 4.69) is 20.7 Å². The van der Waals surface area contributed by atoms with Gasteiger partial charge in [-0.25, -0.2) is 13.1 Å². The molecule has 1 N–H and O–H groups in total. The fourth-order valence-electron chi connectivity index (χ4n) is 2.20. The van der Waals surface area contributed by atoms with Gasteiger partial charge in [-0.05, 0) is 30.7 Å². The van der Waals surface area contributed by atoms with Crippen LogP contribution in [0, 0.1) is 0 Å². The summed E-state index contributed by atoms with van der Waals surface area (Å²) in [5, 5.41) is 0. The van der Waals surface area contributed by atoms with Crippen LogP contribution >= 0.6 is 15.9 Å². The van der Waals surface area contributed by atoms with Crippen LogP contribution in [0.2, 0.25) is 0 Å². The van der Waals surface area contributed by atoms with Crippen LogP contribution in [-0.2, 0) is 15.8 Å². The van der Waals surface area contributed by atoms with Gasteiger partial charge in [0.25, 0.3) is 0 Å². The van der Waals surface area contributed by atoms with Crippen LogP contribution in [0.25, 0.3) is 0 Å². The largest absolute Gasteiger partial charge is 0.496 e. The molecule has 0 saturated carbocycles. The molecule has 0 spiro atoms. The van der Waals surface area contributed by atoms with E-state index in [1.807, 2.05) is 36.4 Å². The molecule has 0 saturated heterocycles. The Morgan fingerprint density at radius 2 is 1.77 bits per heavy atom. The first-order valence-electron chi connectivity index (χ1n) is 6.78. The molecule has 1 atom stereocenters. The molecule has 0 amide bonds. The standard InChI is InChI=1S/C16H18BrNO3S/c1-12(15-5-3-4-6-16(15)21-2)18-22(19,20)11-13-7-9-14(17)10-8-13/h3-10,12,18H,11H2,1-2H3. The number of halogens is 1. The summed E-state index contributed by atoms with van der Waals surface area (Å²) in [5.41, 5.74) is 1.55. The van der Waals surface area contributed by atoms with E-state index in [4.69, 9.17) is 4.74 Å². The van der Waals surface area contributed by atoms with Crippen molar-refractivity contribution in [2.45, 2.75) is 18.7 Å². The molecule has 2 aromatic carbocycles. The molecule has 118 valence electrons. The van der Waals surface area contributed by atoms with Crippen LogP contribution in [0.5, 0.6) is 5.75 Å². The predicted molar refractivity (Wildman–Crippen MR) is 91.3 cm³/mol. The molecule has 0 radical (unpaired) electrons. The van der Waals surface area contributed by atoms with E-state index < -0.39 is 10.0 Å². The lowest BCUT2D eigenvalue weighted by molar-refractivity contribution is 0.405. The van der Waals surface area contributed by atoms with Gasteiger partial charge >= 0.3 is 0 Å². The van der Waals surface area contributed by atoms with Crippen molar-refractivity contribution in [3.05, 3.63) is 64.1 Å². The fraction of sp³-hybridized carbons (Fsp3) is 0.250. The molecule has 0 aliphatic carbocycles. The molecule has 22 heavy (non-hydrogen) atoms. The number of hydrogen-bond acceptors (Lipinski definition) is 3. The lowest BCUT2D eigenvalue weighted by atomic mass is 10.1. The third kappa shape index (κ3) is 4.56. The molecule has 0 heterocycles. The topological polar surface area (TPSA) is 55.4 Å². The predicted octanol–water partition coefficient (Wildman–Crippen LogP) is 3.64. The van der Waals surface area contributed by atoms with Crippen LogP contribution in [0.15, 0.2) is 53.0 Å². The highest BCUT2D eigenvalue weighted by atomic mass is 79.9. The Bertz CT molecular complexity index is 729. The van der Waals surface area contributed by atoms with Gasteiger partial charge in [-0.15, -0.1) is 0 Å². The smallest absolute Gasteiger partial charge is 0.216 e. The first-order chi connectivity index (χ1) is 10.4. The Balaban J connectivity index is 2.12. The summed E-state index contributed by atoms with van der Waals surface area (Å²) in [6.07, 6.45) is 0. The maximum Gasteiger partial charge on any atom is 0.216 e. The highest BCUT2D eigenvalue weighted by Gasteiger charge is 2.18. The summed E-state index contributed by atoms with van der Waals surface area (Å²) in [4.78, 5) is 0. The number of sulfonamides is 1. The number of methoxy groups -OCH3 is 1. The summed E-state index contributed by atoms with van der Waals surface area (Å²) in [5.74, 6) is 0.612. The van der Waals surface area contributed by atoms with Crippen molar-refractivity contribution < 1.29 is 13.2 Å². The van der Waals surface area contributed by atoms with Gasteiger partial charge in [-0.2, -0.15) is 0 Å². The third-order valence-electron chi connectivity index (χ3n) is 3.23. The number of hydrogen-bond donors (Lipinski definition) is 1. The zero-order valence-electron chi connectivity index (χ0n) is 12.4. The quantitative estimate of drug-likeness (QED) is 0.828. The lowest BCUT2D eigenvalue weighted by Gasteiger charge is -2.17. The molecule has 0 aromatic heterocycles. The van der Waals surface area contributed by atoms with Crippen molar-refractivity contribution in [2.75, 3.05) is 7.11 Å². The molecule has 4 nitrogen and oxygen atoms in total. The van der Waals surface area contributed by atoms with Gasteiger partial charge in [0.1, 0.15) is 5.75 Å². The number of benzene rings is 2. The normalized spacial score (nSPS) is 12.9. The minimum absolute atomic E-state index is 0.0558. The summed E-state index contributed by atoms with van der Waals surface area (Å²) in [6, 6.07) is 14.2. The van der Waals surface area contributed by atoms with Gasteiger partial charge in [-0.1, -0.05) is 46.3 Å². The van der Waals surface area contributed by atoms with E-state index in [1.165, 1.54) is 0 Å². The average molecular weight is 384 g/mol. The first-order valence-corrected chi connectivity index (χ1v) is 9.23. The van der Waals surface area contributed by atoms with Gasteiger partial charge in [0, 0.05) is 16.1 Å². The fourth-order valence-corrected chi connectivity index (χ4v) is 3.84. The second-order valence-corrected chi connectivity index (χ2v) is 7.64. The SMILES string of the molecule is COc1ccccc1C(C)NS(=O)(=O)Cc1ccc(Br)cc1. The van der Waals surface area contributed by atoms with Gasteiger partial charge < -0.3 is 4.74 Å². The van der Waals surface area contributed by atoms with Crippen molar-refractivity contribution in [2.24, 2.45) is 0 Å². The van der Waals surface area contributed by atoms with Crippen molar-refractivity contribution in [1.29, 1.82) is 0 Å². The van der Waals surface area contributed by atoms with Gasteiger partial charge in [0.15, 0.2) is 0 Å². The zero-order chi connectivity index (χ0) is 16.2. The monoisotopic (exact) mass is 383 g/mol. The lowest BCUT2D eigenvalue weighted by Crippen LogP contribution is -2.28. The van der Waals surface area contributed by atoms with Gasteiger partial charge in [0.05, 0.1) is 12.9 Å². The maximum absolute atomic E-state index is 12.3.